The fourth-order valence-electron chi connectivity index (χ4n) is 6.83. The van der Waals surface area contributed by atoms with E-state index >= 15 is 0 Å². The molecule has 4 rings (SSSR count). The van der Waals surface area contributed by atoms with Crippen molar-refractivity contribution in [1.29, 1.82) is 5.39 Å². The second-order valence-electron chi connectivity index (χ2n) is 8.95. The quantitative estimate of drug-likeness (QED) is 0.512. The fourth-order valence-corrected chi connectivity index (χ4v) is 6.83. The van der Waals surface area contributed by atoms with E-state index < -0.39 is 12.8 Å². The molecular weight excluding hydrogens is 312 g/mol. The van der Waals surface area contributed by atoms with Gasteiger partial charge in [0.2, 0.25) is 5.39 Å². The van der Waals surface area contributed by atoms with Gasteiger partial charge in [0, 0.05) is 15.1 Å². The van der Waals surface area contributed by atoms with E-state index in [9.17, 15) is 9.90 Å². The molecule has 3 fully saturated rings. The van der Waals surface area contributed by atoms with Crippen LogP contribution in [0, 0.1) is 39.9 Å². The van der Waals surface area contributed by atoms with Gasteiger partial charge < -0.3 is 5.11 Å². The monoisotopic (exact) mass is 345 g/mol. The first-order chi connectivity index (χ1) is 12.7. The summed E-state index contributed by atoms with van der Waals surface area (Å²) in [5.74, 6) is 1.24. The number of hydrogen-bond donors (Lipinski definition) is 1. The summed E-state index contributed by atoms with van der Waals surface area (Å²) >= 11 is 0. The van der Waals surface area contributed by atoms with Gasteiger partial charge in [0.05, 0.1) is 0 Å². The fraction of sp³-hybridized carbons (Fsp3) is 0.762. The van der Waals surface area contributed by atoms with Gasteiger partial charge in [0.1, 0.15) is 0 Å². The van der Waals surface area contributed by atoms with Crippen molar-refractivity contribution in [2.24, 2.45) is 34.5 Å². The number of carbonyl (C=O) groups is 1. The second kappa shape index (κ2) is 5.69. The van der Waals surface area contributed by atoms with Crippen LogP contribution in [0.25, 0.3) is 4.98 Å². The van der Waals surface area contributed by atoms with Gasteiger partial charge in [-0.25, -0.2) is 0 Å². The molecule has 134 valence electrons. The van der Waals surface area contributed by atoms with Crippen LogP contribution in [0.5, 0.6) is 0 Å². The third-order valence-electron chi connectivity index (χ3n) is 8.10. The lowest BCUT2D eigenvalue weighted by Gasteiger charge is -2.58. The van der Waals surface area contributed by atoms with Gasteiger partial charge in [0.25, 0.3) is 0 Å². The molecule has 0 amide bonds. The van der Waals surface area contributed by atoms with Crippen LogP contribution in [0.1, 0.15) is 67.9 Å². The van der Waals surface area contributed by atoms with E-state index in [4.69, 9.17) is 8.13 Å². The number of ketones is 1. The summed E-state index contributed by atoms with van der Waals surface area (Å²) in [4.78, 5) is 15.2. The molecule has 0 aromatic rings. The van der Waals surface area contributed by atoms with Crippen LogP contribution in [-0.2, 0) is 4.79 Å². The number of diazo groups is 1. The standard InChI is InChI=1S/C21H28N2O2/c1-20-9-7-14(24)11-13(20)3-4-15-16-5-6-18(19(25)12-23-22)21(16,2)10-8-17(15)20/h11-12,15-18H,3-10H2,1-2H3/p+1/b19-12-/t15-,16-,17-,18+,20-,21-/m0/s1/i7T,9T/t7?,9?,15-,16-,17-,18+,20-,21-. The smallest absolute Gasteiger partial charge is 0.387 e. The highest BCUT2D eigenvalue weighted by molar-refractivity contribution is 5.91. The van der Waals surface area contributed by atoms with Gasteiger partial charge in [-0.05, 0) is 79.6 Å². The molecule has 0 spiro atoms. The summed E-state index contributed by atoms with van der Waals surface area (Å²) in [6.45, 7) is 4.38. The third kappa shape index (κ3) is 2.31. The molecular formula is C21H29N2O2+. The summed E-state index contributed by atoms with van der Waals surface area (Å²) in [6.07, 6.45) is 6.90. The van der Waals surface area contributed by atoms with Crippen molar-refractivity contribution in [3.8, 4) is 0 Å². The van der Waals surface area contributed by atoms with Crippen molar-refractivity contribution in [3.05, 3.63) is 28.6 Å². The van der Waals surface area contributed by atoms with E-state index in [0.717, 1.165) is 44.1 Å². The molecule has 0 radical (unpaired) electrons. The Hall–Kier alpha value is -1.63. The lowest BCUT2D eigenvalue weighted by molar-refractivity contribution is -0.117. The average Bonchev–Trinajstić information content (AvgIpc) is 2.99. The Bertz CT molecular complexity index is 773. The minimum absolute atomic E-state index is 0.0211. The molecule has 0 heterocycles. The van der Waals surface area contributed by atoms with Gasteiger partial charge in [-0.2, -0.15) is 0 Å². The van der Waals surface area contributed by atoms with Crippen molar-refractivity contribution in [2.75, 3.05) is 0 Å². The van der Waals surface area contributed by atoms with Crippen molar-refractivity contribution < 1.29 is 12.6 Å². The summed E-state index contributed by atoms with van der Waals surface area (Å²) in [5.41, 5.74) is 0.685. The number of carbonyl (C=O) groups excluding carboxylic acids is 1. The van der Waals surface area contributed by atoms with Crippen LogP contribution < -0.4 is 0 Å². The van der Waals surface area contributed by atoms with Crippen LogP contribution in [-0.4, -0.2) is 10.9 Å². The van der Waals surface area contributed by atoms with Gasteiger partial charge in [0.15, 0.2) is 16.5 Å². The number of aliphatic hydroxyl groups excluding tert-OH is 1. The van der Waals surface area contributed by atoms with E-state index in [2.05, 4.69) is 18.8 Å². The zero-order valence-corrected chi connectivity index (χ0v) is 15.1. The molecule has 2 unspecified atom stereocenters. The average molecular weight is 345 g/mol. The Labute approximate surface area is 152 Å². The molecule has 4 heteroatoms. The van der Waals surface area contributed by atoms with Crippen molar-refractivity contribution in [3.63, 3.8) is 0 Å². The number of hydrogen-bond acceptors (Lipinski definition) is 3. The molecule has 8 atom stereocenters. The van der Waals surface area contributed by atoms with E-state index in [0.29, 0.717) is 17.8 Å². The largest absolute Gasteiger partial charge is 0.505 e. The first-order valence-electron chi connectivity index (χ1n) is 10.7. The highest BCUT2D eigenvalue weighted by Gasteiger charge is 2.59. The lowest BCUT2D eigenvalue weighted by Crippen LogP contribution is -2.50. The number of fused-ring (bicyclic) bond motifs is 5. The van der Waals surface area contributed by atoms with Crippen LogP contribution >= 0.6 is 0 Å². The first-order valence-corrected chi connectivity index (χ1v) is 9.57. The lowest BCUT2D eigenvalue weighted by atomic mass is 9.47. The summed E-state index contributed by atoms with van der Waals surface area (Å²) in [7, 11) is 0. The van der Waals surface area contributed by atoms with Gasteiger partial charge in [-0.3, -0.25) is 4.79 Å². The molecule has 0 saturated heterocycles. The maximum atomic E-state index is 12.1. The zero-order valence-electron chi connectivity index (χ0n) is 17.1. The van der Waals surface area contributed by atoms with Crippen molar-refractivity contribution in [1.82, 2.24) is 0 Å². The molecule has 0 aromatic heterocycles. The maximum absolute atomic E-state index is 12.1. The highest BCUT2D eigenvalue weighted by atomic mass is 16.3. The summed E-state index contributed by atoms with van der Waals surface area (Å²) < 4.78 is 16.9. The Morgan fingerprint density at radius 3 is 2.92 bits per heavy atom. The number of allylic oxidation sites excluding steroid dienone is 2. The molecule has 0 aliphatic heterocycles. The molecule has 3 saturated carbocycles. The van der Waals surface area contributed by atoms with Crippen LogP contribution in [0.3, 0.4) is 0 Å². The number of rotatable bonds is 1. The summed E-state index contributed by atoms with van der Waals surface area (Å²) in [5, 5.41) is 19.2. The number of aliphatic hydroxyl groups is 1. The van der Waals surface area contributed by atoms with Crippen LogP contribution in [0.4, 0.5) is 0 Å². The van der Waals surface area contributed by atoms with Crippen molar-refractivity contribution >= 4 is 5.78 Å². The predicted octanol–water partition coefficient (Wildman–Crippen LogP) is 5.39. The van der Waals surface area contributed by atoms with E-state index in [1.807, 2.05) is 0 Å². The molecule has 0 aromatic carbocycles. The molecule has 4 nitrogen and oxygen atoms in total. The van der Waals surface area contributed by atoms with Crippen LogP contribution in [0.15, 0.2) is 23.6 Å². The predicted molar refractivity (Wildman–Crippen MR) is 96.0 cm³/mol. The maximum Gasteiger partial charge on any atom is 0.387 e. The van der Waals surface area contributed by atoms with E-state index in [-0.39, 0.29) is 28.3 Å². The topological polar surface area (TPSA) is 65.4 Å². The molecule has 0 bridgehead atoms. The van der Waals surface area contributed by atoms with E-state index in [1.54, 1.807) is 6.08 Å². The minimum atomic E-state index is -0.972. The van der Waals surface area contributed by atoms with E-state index in [1.165, 1.54) is 6.20 Å². The normalized spacial score (nSPS) is 53.6. The first kappa shape index (κ1) is 14.5. The van der Waals surface area contributed by atoms with Crippen molar-refractivity contribution in [2.45, 2.75) is 65.2 Å². The Morgan fingerprint density at radius 1 is 1.36 bits per heavy atom. The SMILES string of the molecule is [3H]C1C(=O)C=C2CC[C@H]3[C@@H]4CC[C@H](/C(O)=C/[N+]#N)[C@@]4(C)CC[C@@H]3[C@@]2(C)C1[3H]. The van der Waals surface area contributed by atoms with Gasteiger partial charge >= 0.3 is 6.20 Å². The molecule has 25 heavy (non-hydrogen) atoms. The van der Waals surface area contributed by atoms with Gasteiger partial charge in [-0.15, -0.1) is 0 Å². The zero-order chi connectivity index (χ0) is 19.6. The third-order valence-corrected chi connectivity index (χ3v) is 8.10. The Balaban J connectivity index is 1.69. The second-order valence-corrected chi connectivity index (χ2v) is 8.95. The number of nitrogens with zero attached hydrogens (tertiary/aromatic N) is 2. The Morgan fingerprint density at radius 2 is 2.16 bits per heavy atom. The Kier molecular flexibility index (Phi) is 3.31. The van der Waals surface area contributed by atoms with Crippen LogP contribution in [0.2, 0.25) is 0 Å². The molecule has 4 aliphatic rings. The molecule has 4 aliphatic carbocycles. The minimum Gasteiger partial charge on any atom is -0.505 e. The highest BCUT2D eigenvalue weighted by Crippen LogP contribution is 2.67. The summed E-state index contributed by atoms with van der Waals surface area (Å²) in [6, 6.07) is 0. The molecule has 1 N–H and O–H groups in total. The van der Waals surface area contributed by atoms with Gasteiger partial charge in [-0.1, -0.05) is 19.4 Å².